The number of pyridine rings is 1. The average molecular weight is 387 g/mol. The minimum atomic E-state index is -3.82. The van der Waals surface area contributed by atoms with Crippen molar-refractivity contribution in [1.29, 1.82) is 0 Å². The summed E-state index contributed by atoms with van der Waals surface area (Å²) in [5, 5.41) is 11.4. The lowest BCUT2D eigenvalue weighted by molar-refractivity contribution is -0.383. The molecule has 0 radical (unpaired) electrons. The third-order valence-electron chi connectivity index (χ3n) is 4.34. The quantitative estimate of drug-likeness (QED) is 0.634. The van der Waals surface area contributed by atoms with Crippen LogP contribution in [0, 0.1) is 10.1 Å². The molecule has 0 bridgehead atoms. The zero-order valence-electron chi connectivity index (χ0n) is 13.4. The summed E-state index contributed by atoms with van der Waals surface area (Å²) in [5.41, 5.74) is 5.69. The largest absolute Gasteiger partial charge is 0.329 e. The van der Waals surface area contributed by atoms with Gasteiger partial charge in [-0.1, -0.05) is 6.42 Å². The van der Waals surface area contributed by atoms with Crippen molar-refractivity contribution in [2.45, 2.75) is 30.2 Å². The molecule has 25 heavy (non-hydrogen) atoms. The number of rotatable bonds is 4. The molecule has 1 fully saturated rings. The van der Waals surface area contributed by atoms with E-state index in [1.165, 1.54) is 28.7 Å². The van der Waals surface area contributed by atoms with E-state index in [2.05, 4.69) is 4.98 Å². The van der Waals surface area contributed by atoms with Crippen LogP contribution in [0.25, 0.3) is 10.9 Å². The highest BCUT2D eigenvalue weighted by atomic mass is 35.5. The fourth-order valence-electron chi connectivity index (χ4n) is 3.15. The highest BCUT2D eigenvalue weighted by Gasteiger charge is 2.34. The average Bonchev–Trinajstić information content (AvgIpc) is 2.60. The van der Waals surface area contributed by atoms with Gasteiger partial charge in [0.25, 0.3) is 5.69 Å². The Kier molecular flexibility index (Phi) is 5.94. The summed E-state index contributed by atoms with van der Waals surface area (Å²) in [6.07, 6.45) is 3.86. The van der Waals surface area contributed by atoms with Crippen LogP contribution in [0.2, 0.25) is 0 Å². The summed E-state index contributed by atoms with van der Waals surface area (Å²) in [6, 6.07) is 5.30. The maximum absolute atomic E-state index is 13.1. The molecule has 10 heteroatoms. The number of hydrogen-bond donors (Lipinski definition) is 1. The van der Waals surface area contributed by atoms with E-state index in [-0.39, 0.29) is 46.5 Å². The van der Waals surface area contributed by atoms with Crippen molar-refractivity contribution in [1.82, 2.24) is 9.29 Å². The number of nitro benzene ring substituents is 1. The summed E-state index contributed by atoms with van der Waals surface area (Å²) in [7, 11) is -3.82. The smallest absolute Gasteiger partial charge is 0.278 e. The van der Waals surface area contributed by atoms with Gasteiger partial charge in [0.1, 0.15) is 4.90 Å². The fraction of sp³-hybridized carbons (Fsp3) is 0.400. The van der Waals surface area contributed by atoms with Crippen molar-refractivity contribution >= 4 is 39.0 Å². The van der Waals surface area contributed by atoms with E-state index in [1.807, 2.05) is 0 Å². The van der Waals surface area contributed by atoms with Gasteiger partial charge in [-0.3, -0.25) is 15.1 Å². The summed E-state index contributed by atoms with van der Waals surface area (Å²) in [5.74, 6) is 0. The second-order valence-electron chi connectivity index (χ2n) is 5.74. The Morgan fingerprint density at radius 1 is 1.32 bits per heavy atom. The van der Waals surface area contributed by atoms with Crippen molar-refractivity contribution in [3.8, 4) is 0 Å². The van der Waals surface area contributed by atoms with Gasteiger partial charge in [-0.2, -0.15) is 4.31 Å². The minimum absolute atomic E-state index is 0. The van der Waals surface area contributed by atoms with Gasteiger partial charge in [-0.25, -0.2) is 8.42 Å². The van der Waals surface area contributed by atoms with Gasteiger partial charge in [-0.15, -0.1) is 12.4 Å². The van der Waals surface area contributed by atoms with E-state index in [0.717, 1.165) is 12.8 Å². The van der Waals surface area contributed by atoms with Gasteiger partial charge in [0, 0.05) is 31.4 Å². The van der Waals surface area contributed by atoms with E-state index in [9.17, 15) is 18.5 Å². The zero-order valence-corrected chi connectivity index (χ0v) is 15.0. The van der Waals surface area contributed by atoms with E-state index >= 15 is 0 Å². The number of aromatic nitrogens is 1. The lowest BCUT2D eigenvalue weighted by Crippen LogP contribution is -2.47. The van der Waals surface area contributed by atoms with E-state index in [0.29, 0.717) is 13.0 Å². The van der Waals surface area contributed by atoms with Gasteiger partial charge in [-0.05, 0) is 31.0 Å². The molecule has 1 saturated heterocycles. The third kappa shape index (κ3) is 3.45. The molecule has 2 N–H and O–H groups in total. The first-order valence-corrected chi connectivity index (χ1v) is 9.15. The summed E-state index contributed by atoms with van der Waals surface area (Å²) in [6.45, 7) is 0.646. The van der Waals surface area contributed by atoms with Crippen LogP contribution in [0.15, 0.2) is 35.4 Å². The van der Waals surface area contributed by atoms with Crippen LogP contribution in [-0.2, 0) is 10.0 Å². The lowest BCUT2D eigenvalue weighted by Gasteiger charge is -2.34. The topological polar surface area (TPSA) is 119 Å². The van der Waals surface area contributed by atoms with Gasteiger partial charge < -0.3 is 5.73 Å². The maximum atomic E-state index is 13.1. The number of halogens is 1. The predicted molar refractivity (Wildman–Crippen MR) is 96.2 cm³/mol. The molecule has 1 aliphatic heterocycles. The number of piperidine rings is 1. The molecule has 3 rings (SSSR count). The molecule has 136 valence electrons. The molecule has 0 saturated carbocycles. The van der Waals surface area contributed by atoms with Crippen molar-refractivity contribution in [2.24, 2.45) is 5.73 Å². The van der Waals surface area contributed by atoms with Crippen LogP contribution in [0.1, 0.15) is 19.3 Å². The number of nitrogens with zero attached hydrogens (tertiary/aromatic N) is 3. The second-order valence-corrected chi connectivity index (χ2v) is 7.60. The molecular formula is C15H19ClN4O4S. The number of hydrogen-bond acceptors (Lipinski definition) is 6. The minimum Gasteiger partial charge on any atom is -0.329 e. The molecule has 0 amide bonds. The van der Waals surface area contributed by atoms with Crippen LogP contribution in [0.3, 0.4) is 0 Å². The van der Waals surface area contributed by atoms with Crippen molar-refractivity contribution in [3.63, 3.8) is 0 Å². The SMILES string of the molecule is Cl.NCC1CCCCN1S(=O)(=O)c1ccc([N+](=O)[O-])c2cccnc12. The summed E-state index contributed by atoms with van der Waals surface area (Å²) >= 11 is 0. The monoisotopic (exact) mass is 386 g/mol. The molecule has 1 aliphatic rings. The number of non-ortho nitro benzene ring substituents is 1. The number of fused-ring (bicyclic) bond motifs is 1. The standard InChI is InChI=1S/C15H18N4O4S.ClH/c16-10-11-4-1-2-9-18(11)24(22,23)14-7-6-13(19(20)21)12-5-3-8-17-15(12)14;/h3,5-8,11H,1-2,4,9-10,16H2;1H. The Hall–Kier alpha value is -1.81. The van der Waals surface area contributed by atoms with Gasteiger partial charge in [0.05, 0.1) is 15.8 Å². The molecule has 8 nitrogen and oxygen atoms in total. The molecule has 2 aromatic rings. The first kappa shape index (κ1) is 19.5. The Morgan fingerprint density at radius 2 is 2.08 bits per heavy atom. The first-order chi connectivity index (χ1) is 11.5. The molecule has 1 unspecified atom stereocenters. The molecule has 1 atom stereocenters. The van der Waals surface area contributed by atoms with E-state index < -0.39 is 14.9 Å². The predicted octanol–water partition coefficient (Wildman–Crippen LogP) is 2.07. The van der Waals surface area contributed by atoms with Crippen molar-refractivity contribution in [2.75, 3.05) is 13.1 Å². The Labute approximate surface area is 151 Å². The molecule has 0 spiro atoms. The number of nitrogens with two attached hydrogens (primary N) is 1. The summed E-state index contributed by atoms with van der Waals surface area (Å²) in [4.78, 5) is 14.7. The van der Waals surface area contributed by atoms with Gasteiger partial charge >= 0.3 is 0 Å². The maximum Gasteiger partial charge on any atom is 0.278 e. The number of nitro groups is 1. The molecule has 1 aromatic heterocycles. The Balaban J connectivity index is 0.00000225. The molecule has 2 heterocycles. The van der Waals surface area contributed by atoms with Gasteiger partial charge in [0.2, 0.25) is 10.0 Å². The molecular weight excluding hydrogens is 368 g/mol. The van der Waals surface area contributed by atoms with Crippen molar-refractivity contribution in [3.05, 3.63) is 40.6 Å². The Morgan fingerprint density at radius 3 is 2.76 bits per heavy atom. The van der Waals surface area contributed by atoms with Crippen LogP contribution >= 0.6 is 12.4 Å². The summed E-state index contributed by atoms with van der Waals surface area (Å²) < 4.78 is 27.6. The van der Waals surface area contributed by atoms with Crippen LogP contribution < -0.4 is 5.73 Å². The molecule has 1 aromatic carbocycles. The van der Waals surface area contributed by atoms with Crippen LogP contribution in [0.5, 0.6) is 0 Å². The Bertz CT molecular complexity index is 890. The van der Waals surface area contributed by atoms with Crippen molar-refractivity contribution < 1.29 is 13.3 Å². The van der Waals surface area contributed by atoms with E-state index in [4.69, 9.17) is 5.73 Å². The number of benzene rings is 1. The molecule has 0 aliphatic carbocycles. The van der Waals surface area contributed by atoms with Crippen LogP contribution in [0.4, 0.5) is 5.69 Å². The van der Waals surface area contributed by atoms with Crippen LogP contribution in [-0.4, -0.2) is 41.8 Å². The number of sulfonamides is 1. The van der Waals surface area contributed by atoms with E-state index in [1.54, 1.807) is 6.07 Å². The zero-order chi connectivity index (χ0) is 17.3. The highest BCUT2D eigenvalue weighted by molar-refractivity contribution is 7.89. The lowest BCUT2D eigenvalue weighted by atomic mass is 10.1. The first-order valence-electron chi connectivity index (χ1n) is 7.71. The van der Waals surface area contributed by atoms with Gasteiger partial charge in [0.15, 0.2) is 0 Å². The third-order valence-corrected chi connectivity index (χ3v) is 6.32. The normalized spacial score (nSPS) is 18.7. The highest BCUT2D eigenvalue weighted by Crippen LogP contribution is 2.33. The second kappa shape index (κ2) is 7.61. The fourth-order valence-corrected chi connectivity index (χ4v) is 5.00.